The number of aromatic nitrogens is 3. The van der Waals surface area contributed by atoms with Crippen molar-refractivity contribution in [2.75, 3.05) is 62.2 Å². The molecule has 3 aromatic rings. The minimum atomic E-state index is -0.202. The van der Waals surface area contributed by atoms with E-state index in [1.54, 1.807) is 0 Å². The fourth-order valence-corrected chi connectivity index (χ4v) is 5.45. The number of nitrogens with one attached hydrogen (secondary N) is 1. The average Bonchev–Trinajstić information content (AvgIpc) is 3.63. The van der Waals surface area contributed by atoms with Gasteiger partial charge in [-0.25, -0.2) is 4.39 Å². The summed E-state index contributed by atoms with van der Waals surface area (Å²) in [6, 6.07) is 10.4. The summed E-state index contributed by atoms with van der Waals surface area (Å²) < 4.78 is 15.0. The topological polar surface area (TPSA) is 69.5 Å². The van der Waals surface area contributed by atoms with Crippen molar-refractivity contribution in [3.05, 3.63) is 54.1 Å². The van der Waals surface area contributed by atoms with Crippen LogP contribution in [0, 0.1) is 5.82 Å². The van der Waals surface area contributed by atoms with Crippen LogP contribution in [0.5, 0.6) is 0 Å². The highest BCUT2D eigenvalue weighted by Crippen LogP contribution is 2.27. The van der Waals surface area contributed by atoms with Crippen LogP contribution >= 0.6 is 11.3 Å². The van der Waals surface area contributed by atoms with Crippen LogP contribution in [0.1, 0.15) is 29.8 Å². The molecule has 0 spiro atoms. The minimum Gasteiger partial charge on any atom is -0.369 e. The first kappa shape index (κ1) is 22.8. The van der Waals surface area contributed by atoms with E-state index in [0.717, 1.165) is 68.2 Å². The first-order valence-electron chi connectivity index (χ1n) is 11.9. The summed E-state index contributed by atoms with van der Waals surface area (Å²) in [5, 5.41) is 13.3. The van der Waals surface area contributed by atoms with Crippen molar-refractivity contribution in [1.82, 2.24) is 25.0 Å². The van der Waals surface area contributed by atoms with Gasteiger partial charge in [0.1, 0.15) is 11.5 Å². The third-order valence-corrected chi connectivity index (χ3v) is 7.45. The Hall–Kier alpha value is -2.98. The molecule has 1 aromatic carbocycles. The van der Waals surface area contributed by atoms with E-state index >= 15 is 0 Å². The quantitative estimate of drug-likeness (QED) is 0.497. The van der Waals surface area contributed by atoms with Gasteiger partial charge in [0.05, 0.1) is 0 Å². The molecular weight excluding hydrogens is 453 g/mol. The van der Waals surface area contributed by atoms with Crippen molar-refractivity contribution in [3.8, 4) is 5.13 Å². The molecule has 5 rings (SSSR count). The highest BCUT2D eigenvalue weighted by atomic mass is 32.1. The Bertz CT molecular complexity index is 1080. The number of benzene rings is 1. The van der Waals surface area contributed by atoms with Crippen LogP contribution < -0.4 is 15.1 Å². The molecule has 0 radical (unpaired) electrons. The van der Waals surface area contributed by atoms with Crippen molar-refractivity contribution < 1.29 is 9.18 Å². The maximum Gasteiger partial charge on any atom is 0.268 e. The van der Waals surface area contributed by atoms with E-state index in [2.05, 4.69) is 30.2 Å². The number of piperazine rings is 1. The Labute approximate surface area is 203 Å². The first-order valence-corrected chi connectivity index (χ1v) is 12.8. The number of nitrogens with zero attached hydrogens (tertiary/aromatic N) is 6. The normalized spacial score (nSPS) is 16.9. The summed E-state index contributed by atoms with van der Waals surface area (Å²) >= 11 is 1.52. The molecule has 2 fully saturated rings. The largest absolute Gasteiger partial charge is 0.369 e. The highest BCUT2D eigenvalue weighted by molar-refractivity contribution is 7.17. The van der Waals surface area contributed by atoms with Gasteiger partial charge in [-0.3, -0.25) is 14.3 Å². The molecule has 0 atom stereocenters. The van der Waals surface area contributed by atoms with Gasteiger partial charge in [-0.1, -0.05) is 11.3 Å². The van der Waals surface area contributed by atoms with E-state index < -0.39 is 0 Å². The summed E-state index contributed by atoms with van der Waals surface area (Å²) in [4.78, 5) is 19.8. The Balaban J connectivity index is 1.06. The van der Waals surface area contributed by atoms with Gasteiger partial charge in [0.15, 0.2) is 0 Å². The second-order valence-corrected chi connectivity index (χ2v) is 9.67. The fraction of sp³-hybridized carbons (Fsp3) is 0.458. The molecule has 8 nitrogen and oxygen atoms in total. The number of halogens is 1. The van der Waals surface area contributed by atoms with E-state index in [1.807, 2.05) is 35.0 Å². The van der Waals surface area contributed by atoms with Gasteiger partial charge in [0.25, 0.3) is 5.91 Å². The number of hydrogen-bond acceptors (Lipinski definition) is 7. The molecule has 4 heterocycles. The Morgan fingerprint density at radius 1 is 0.941 bits per heavy atom. The molecule has 1 amide bonds. The van der Waals surface area contributed by atoms with Gasteiger partial charge in [-0.05, 0) is 62.2 Å². The van der Waals surface area contributed by atoms with Crippen LogP contribution in [0.15, 0.2) is 42.6 Å². The van der Waals surface area contributed by atoms with Crippen molar-refractivity contribution in [3.63, 3.8) is 0 Å². The van der Waals surface area contributed by atoms with Gasteiger partial charge < -0.3 is 15.1 Å². The molecule has 2 saturated heterocycles. The van der Waals surface area contributed by atoms with Crippen molar-refractivity contribution in [1.29, 1.82) is 0 Å². The SMILES string of the molecule is O=C(NCCCN1CCN(c2ccc(F)cc2)CC1)c1cccn1-c1nnc(N2CCCC2)s1. The average molecular weight is 484 g/mol. The Kier molecular flexibility index (Phi) is 7.05. The number of anilines is 2. The van der Waals surface area contributed by atoms with Crippen LogP contribution in [0.2, 0.25) is 0 Å². The van der Waals surface area contributed by atoms with Crippen LogP contribution in [0.25, 0.3) is 5.13 Å². The van der Waals surface area contributed by atoms with Gasteiger partial charge >= 0.3 is 0 Å². The van der Waals surface area contributed by atoms with Crippen LogP contribution in [-0.4, -0.2) is 77.9 Å². The van der Waals surface area contributed by atoms with E-state index in [9.17, 15) is 9.18 Å². The Morgan fingerprint density at radius 3 is 2.44 bits per heavy atom. The predicted molar refractivity (Wildman–Crippen MR) is 133 cm³/mol. The number of rotatable bonds is 8. The smallest absolute Gasteiger partial charge is 0.268 e. The molecule has 0 bridgehead atoms. The zero-order valence-corrected chi connectivity index (χ0v) is 20.0. The van der Waals surface area contributed by atoms with E-state index in [4.69, 9.17) is 0 Å². The number of amides is 1. The second-order valence-electron chi connectivity index (χ2n) is 8.74. The lowest BCUT2D eigenvalue weighted by Crippen LogP contribution is -2.47. The number of carbonyl (C=O) groups excluding carboxylic acids is 1. The molecule has 2 aromatic heterocycles. The van der Waals surface area contributed by atoms with Gasteiger partial charge in [-0.2, -0.15) is 0 Å². The molecular formula is C24H30FN7OS. The molecule has 180 valence electrons. The monoisotopic (exact) mass is 483 g/mol. The molecule has 0 aliphatic carbocycles. The van der Waals surface area contributed by atoms with Crippen LogP contribution in [0.3, 0.4) is 0 Å². The molecule has 1 N–H and O–H groups in total. The van der Waals surface area contributed by atoms with Crippen LogP contribution in [-0.2, 0) is 0 Å². The van der Waals surface area contributed by atoms with Crippen LogP contribution in [0.4, 0.5) is 15.2 Å². The summed E-state index contributed by atoms with van der Waals surface area (Å²) in [7, 11) is 0. The van der Waals surface area contributed by atoms with Crippen molar-refractivity contribution >= 4 is 28.1 Å². The zero-order valence-electron chi connectivity index (χ0n) is 19.2. The summed E-state index contributed by atoms with van der Waals surface area (Å²) in [6.07, 6.45) is 5.14. The van der Waals surface area contributed by atoms with Gasteiger partial charge in [0.2, 0.25) is 10.3 Å². The first-order chi connectivity index (χ1) is 16.7. The summed E-state index contributed by atoms with van der Waals surface area (Å²) in [5.74, 6) is -0.295. The lowest BCUT2D eigenvalue weighted by molar-refractivity contribution is 0.0944. The minimum absolute atomic E-state index is 0.0935. The molecule has 0 unspecified atom stereocenters. The second kappa shape index (κ2) is 10.5. The summed E-state index contributed by atoms with van der Waals surface area (Å²) in [5.41, 5.74) is 1.65. The maximum absolute atomic E-state index is 13.1. The third kappa shape index (κ3) is 5.23. The van der Waals surface area contributed by atoms with Gasteiger partial charge in [-0.15, -0.1) is 10.2 Å². The molecule has 2 aliphatic rings. The summed E-state index contributed by atoms with van der Waals surface area (Å²) in [6.45, 7) is 7.38. The molecule has 34 heavy (non-hydrogen) atoms. The Morgan fingerprint density at radius 2 is 1.68 bits per heavy atom. The lowest BCUT2D eigenvalue weighted by atomic mass is 10.2. The van der Waals surface area contributed by atoms with E-state index in [-0.39, 0.29) is 11.7 Å². The van der Waals surface area contributed by atoms with Crippen molar-refractivity contribution in [2.24, 2.45) is 0 Å². The third-order valence-electron chi connectivity index (χ3n) is 6.47. The zero-order chi connectivity index (χ0) is 23.3. The molecule has 0 saturated carbocycles. The molecule has 10 heteroatoms. The van der Waals surface area contributed by atoms with E-state index in [1.165, 1.54) is 36.3 Å². The number of hydrogen-bond donors (Lipinski definition) is 1. The fourth-order valence-electron chi connectivity index (χ4n) is 4.55. The maximum atomic E-state index is 13.1. The van der Waals surface area contributed by atoms with Gasteiger partial charge in [0, 0.05) is 57.7 Å². The lowest BCUT2D eigenvalue weighted by Gasteiger charge is -2.36. The molecule has 2 aliphatic heterocycles. The number of carbonyl (C=O) groups is 1. The highest BCUT2D eigenvalue weighted by Gasteiger charge is 2.20. The van der Waals surface area contributed by atoms with E-state index in [0.29, 0.717) is 12.2 Å². The standard InChI is InChI=1S/C24H30FN7OS/c25-19-6-8-20(9-7-19)30-17-15-29(16-18-30)11-4-10-26-22(33)21-5-3-14-32(21)24-28-27-23(34-24)31-12-1-2-13-31/h3,5-9,14H,1-2,4,10-13,15-18H2,(H,26,33). The predicted octanol–water partition coefficient (Wildman–Crippen LogP) is 3.01. The van der Waals surface area contributed by atoms with Crippen molar-refractivity contribution in [2.45, 2.75) is 19.3 Å².